The molecule has 0 bridgehead atoms. The van der Waals surface area contributed by atoms with Crippen LogP contribution in [-0.2, 0) is 59.8 Å². The number of nitrogens with two attached hydrogens (primary N) is 4. The number of aliphatic hydroxyl groups excluding tert-OH is 2. The van der Waals surface area contributed by atoms with Gasteiger partial charge in [-0.3, -0.25) is 60.5 Å². The smallest absolute Gasteiger partial charge is 0.386 e. The Morgan fingerprint density at radius 3 is 1.46 bits per heavy atom. The van der Waals surface area contributed by atoms with Gasteiger partial charge in [0.2, 0.25) is 23.8 Å². The van der Waals surface area contributed by atoms with Crippen LogP contribution in [-0.4, -0.2) is 160 Å². The Bertz CT molecular complexity index is 3660. The highest BCUT2D eigenvalue weighted by Gasteiger charge is 2.47. The molecular weight excluding hydrogens is 1160 g/mol. The second-order valence-electron chi connectivity index (χ2n) is 18.1. The molecule has 4 aliphatic heterocycles. The number of ether oxygens (including phenoxy) is 4. The molecule has 6 aromatic heterocycles. The van der Waals surface area contributed by atoms with E-state index >= 15 is 0 Å². The molecule has 4 fully saturated rings. The topological polar surface area (TPSA) is 511 Å². The molecule has 0 aliphatic carbocycles. The molecular formula is C37H49N18O19P3S2. The van der Waals surface area contributed by atoms with Gasteiger partial charge in [-0.1, -0.05) is 24.5 Å². The van der Waals surface area contributed by atoms with E-state index in [1.165, 1.54) is 21.8 Å². The van der Waals surface area contributed by atoms with Crippen molar-refractivity contribution in [2.24, 2.45) is 0 Å². The van der Waals surface area contributed by atoms with Crippen molar-refractivity contribution in [2.45, 2.75) is 99.4 Å². The van der Waals surface area contributed by atoms with Crippen molar-refractivity contribution in [2.75, 3.05) is 56.0 Å². The molecule has 10 rings (SSSR count). The Hall–Kier alpha value is -5.57. The first kappa shape index (κ1) is 56.7. The molecule has 79 heavy (non-hydrogen) atoms. The summed E-state index contributed by atoms with van der Waals surface area (Å²) in [5.74, 6) is -1.04. The van der Waals surface area contributed by atoms with E-state index in [1.54, 1.807) is 0 Å². The first-order chi connectivity index (χ1) is 37.4. The van der Waals surface area contributed by atoms with E-state index in [1.807, 2.05) is 0 Å². The highest BCUT2D eigenvalue weighted by atomic mass is 32.7. The summed E-state index contributed by atoms with van der Waals surface area (Å²) in [6, 6.07) is 0. The van der Waals surface area contributed by atoms with Gasteiger partial charge in [-0.2, -0.15) is 19.9 Å². The average molecular weight is 1210 g/mol. The zero-order chi connectivity index (χ0) is 56.3. The lowest BCUT2D eigenvalue weighted by atomic mass is 10.2. The number of fused-ring (bicyclic) bond motifs is 2. The highest BCUT2D eigenvalue weighted by Crippen LogP contribution is 2.59. The molecule has 7 unspecified atom stereocenters. The van der Waals surface area contributed by atoms with Crippen LogP contribution in [0.2, 0.25) is 0 Å². The molecule has 6 aromatic rings. The van der Waals surface area contributed by atoms with Crippen molar-refractivity contribution in [3.8, 4) is 0 Å². The number of hydrogen-bond acceptors (Lipinski definition) is 31. The van der Waals surface area contributed by atoms with Crippen LogP contribution in [0.1, 0.15) is 50.6 Å². The molecule has 428 valence electrons. The maximum atomic E-state index is 14.4. The number of nitrogens with one attached hydrogen (secondary N) is 2. The fraction of sp³-hybridized carbons (Fsp3) is 0.568. The molecule has 4 saturated heterocycles. The number of thiol groups is 2. The minimum Gasteiger partial charge on any atom is -0.394 e. The predicted octanol–water partition coefficient (Wildman–Crippen LogP) is -1.51. The van der Waals surface area contributed by atoms with Crippen LogP contribution in [0.25, 0.3) is 22.3 Å². The highest BCUT2D eigenvalue weighted by molar-refractivity contribution is 8.44. The van der Waals surface area contributed by atoms with E-state index in [0.717, 1.165) is 28.5 Å². The Balaban J connectivity index is 0.829. The monoisotopic (exact) mass is 1210 g/mol. The third kappa shape index (κ3) is 12.5. The lowest BCUT2D eigenvalue weighted by molar-refractivity contribution is -0.0535. The van der Waals surface area contributed by atoms with Gasteiger partial charge in [0.05, 0.1) is 51.3 Å². The van der Waals surface area contributed by atoms with Crippen molar-refractivity contribution in [1.29, 1.82) is 0 Å². The molecule has 0 aromatic carbocycles. The summed E-state index contributed by atoms with van der Waals surface area (Å²) in [5, 5.41) is 21.0. The zero-order valence-electron chi connectivity index (χ0n) is 40.6. The van der Waals surface area contributed by atoms with Crippen LogP contribution < -0.4 is 45.4 Å². The number of aromatic amines is 2. The van der Waals surface area contributed by atoms with Crippen molar-refractivity contribution in [3.05, 3.63) is 67.0 Å². The van der Waals surface area contributed by atoms with Gasteiger partial charge in [0.1, 0.15) is 74.2 Å². The first-order valence-corrected chi connectivity index (χ1v) is 30.8. The molecule has 10 heterocycles. The SMILES string of the molecule is CP(=O)(OC[C@H]1O[C@@H](n2cnc3c(=O)[nH]c(N)nc32)CC1OP(=O)(S)OC[C@H]1O[C@@H](n2cnc(N)nc2=O)CC1O)OC1C[C@H](n2cnc(N)nc2=O)O[C@@H]1COP(=O)(S)OC1C[C@H](n2cnc3c(=O)[nH]c(N)nc32)O[C@@H]1CO. The number of rotatable bonds is 20. The summed E-state index contributed by atoms with van der Waals surface area (Å²) < 4.78 is 106. The third-order valence-corrected chi connectivity index (χ3v) is 17.3. The van der Waals surface area contributed by atoms with Crippen LogP contribution in [0.15, 0.2) is 44.5 Å². The summed E-state index contributed by atoms with van der Waals surface area (Å²) in [6.07, 6.45) is -9.96. The van der Waals surface area contributed by atoms with E-state index in [-0.39, 0.29) is 71.8 Å². The Morgan fingerprint density at radius 2 is 0.975 bits per heavy atom. The van der Waals surface area contributed by atoms with E-state index < -0.39 is 144 Å². The second-order valence-corrected chi connectivity index (χ2v) is 25.9. The molecule has 0 radical (unpaired) electrons. The third-order valence-electron chi connectivity index (χ3n) is 12.7. The maximum Gasteiger partial charge on any atom is 0.386 e. The predicted molar refractivity (Wildman–Crippen MR) is 273 cm³/mol. The summed E-state index contributed by atoms with van der Waals surface area (Å²) in [6.45, 7) is -10.2. The van der Waals surface area contributed by atoms with Gasteiger partial charge in [0.25, 0.3) is 11.1 Å². The number of aliphatic hydroxyl groups is 2. The van der Waals surface area contributed by atoms with E-state index in [9.17, 15) is 43.1 Å². The van der Waals surface area contributed by atoms with Gasteiger partial charge < -0.3 is 61.1 Å². The molecule has 4 aliphatic rings. The number of aromatic nitrogens is 14. The molecule has 15 atom stereocenters. The normalized spacial score (nSPS) is 29.5. The van der Waals surface area contributed by atoms with Crippen LogP contribution in [0, 0.1) is 0 Å². The van der Waals surface area contributed by atoms with E-state index in [2.05, 4.69) is 74.3 Å². The summed E-state index contributed by atoms with van der Waals surface area (Å²) in [7, 11) is -4.32. The van der Waals surface area contributed by atoms with Crippen LogP contribution in [0.3, 0.4) is 0 Å². The first-order valence-electron chi connectivity index (χ1n) is 23.4. The Morgan fingerprint density at radius 1 is 0.582 bits per heavy atom. The number of nitrogens with zero attached hydrogens (tertiary/aromatic N) is 12. The largest absolute Gasteiger partial charge is 0.394 e. The summed E-state index contributed by atoms with van der Waals surface area (Å²) in [5.41, 5.74) is 19.7. The fourth-order valence-corrected chi connectivity index (χ4v) is 13.3. The lowest BCUT2D eigenvalue weighted by Gasteiger charge is -2.26. The molecule has 0 saturated carbocycles. The standard InChI is InChI=1S/C37H49N18O19P3S2/c1-75(62,65-8-20-17(5-24(70-20)53-11-43-27-29(53)47-35(41)49-31(27)59)74-76(63,78)66-7-19-14(57)2-22(69-19)54-12-44-32(38)50-36(54)60)72-16-4-25(55-13-45-33(39)51-37(55)61)71-21(16)9-67-77(64,79)73-15-3-23(68-18(15)6-56)52-10-42-26-28(52)46-34(40)48-30(26)58/h10-25,56-57H,2-9H2,1H3,(H,63,78)(H,64,79)(H2,38,50,60)(H2,39,51,61)(H3,40,46,48,58)(H3,41,47,49,59)/t14?,15?,16?,17?,18-,19-,20-,21-,22-,23-,24-,25-,75?,76?,77?/m1/s1. The number of anilines is 4. The van der Waals surface area contributed by atoms with Crippen molar-refractivity contribution in [1.82, 2.24) is 68.1 Å². The van der Waals surface area contributed by atoms with Gasteiger partial charge in [-0.05, 0) is 0 Å². The molecule has 0 spiro atoms. The minimum atomic E-state index is -4.45. The molecule has 37 nitrogen and oxygen atoms in total. The van der Waals surface area contributed by atoms with Gasteiger partial charge >= 0.3 is 32.6 Å². The second kappa shape index (κ2) is 22.4. The van der Waals surface area contributed by atoms with Crippen molar-refractivity contribution in [3.63, 3.8) is 0 Å². The summed E-state index contributed by atoms with van der Waals surface area (Å²) in [4.78, 5) is 86.4. The van der Waals surface area contributed by atoms with Crippen molar-refractivity contribution < 1.29 is 70.0 Å². The Kier molecular flexibility index (Phi) is 16.1. The van der Waals surface area contributed by atoms with Crippen LogP contribution in [0.4, 0.5) is 23.8 Å². The van der Waals surface area contributed by atoms with Gasteiger partial charge in [0, 0.05) is 32.3 Å². The van der Waals surface area contributed by atoms with E-state index in [4.69, 9.17) is 69.0 Å². The van der Waals surface area contributed by atoms with Gasteiger partial charge in [-0.25, -0.2) is 38.7 Å². The minimum absolute atomic E-state index is 0.000661. The van der Waals surface area contributed by atoms with E-state index in [0.29, 0.717) is 0 Å². The average Bonchev–Trinajstić information content (AvgIpc) is 4.41. The Labute approximate surface area is 450 Å². The number of hydrogen-bond donors (Lipinski definition) is 10. The lowest BCUT2D eigenvalue weighted by Crippen LogP contribution is -2.31. The number of H-pyrrole nitrogens is 2. The summed E-state index contributed by atoms with van der Waals surface area (Å²) >= 11 is 8.34. The zero-order valence-corrected chi connectivity index (χ0v) is 45.1. The van der Waals surface area contributed by atoms with Crippen molar-refractivity contribution >= 4 is 91.8 Å². The van der Waals surface area contributed by atoms with Crippen LogP contribution in [0.5, 0.6) is 0 Å². The van der Waals surface area contributed by atoms with Gasteiger partial charge in [-0.15, -0.1) is 0 Å². The quantitative estimate of drug-likeness (QED) is 0.0307. The molecule has 0 amide bonds. The maximum absolute atomic E-state index is 14.4. The number of nitrogen functional groups attached to an aromatic ring is 4. The molecule has 42 heteroatoms. The van der Waals surface area contributed by atoms with Crippen LogP contribution >= 0.6 is 45.7 Å². The fourth-order valence-electron chi connectivity index (χ4n) is 9.08. The molecule has 12 N–H and O–H groups in total. The number of imidazole rings is 2. The van der Waals surface area contributed by atoms with Gasteiger partial charge in [0.15, 0.2) is 22.3 Å².